The summed E-state index contributed by atoms with van der Waals surface area (Å²) in [5.74, 6) is 0.559. The lowest BCUT2D eigenvalue weighted by molar-refractivity contribution is 0.954. The number of hydrogen-bond donors (Lipinski definition) is 1. The molecule has 0 aliphatic carbocycles. The van der Waals surface area contributed by atoms with Gasteiger partial charge in [-0.05, 0) is 40.5 Å². The van der Waals surface area contributed by atoms with Crippen LogP contribution in [-0.4, -0.2) is 16.4 Å². The molecule has 0 radical (unpaired) electrons. The highest BCUT2D eigenvalue weighted by atomic mass is 79.9. The molecule has 0 spiro atoms. The van der Waals surface area contributed by atoms with E-state index in [0.717, 1.165) is 32.3 Å². The fraction of sp³-hybridized carbons (Fsp3) is 0.231. The van der Waals surface area contributed by atoms with E-state index in [1.54, 1.807) is 22.7 Å². The van der Waals surface area contributed by atoms with Crippen LogP contribution in [0.5, 0.6) is 0 Å². The summed E-state index contributed by atoms with van der Waals surface area (Å²) in [5.41, 5.74) is 8.02. The molecule has 0 saturated carbocycles. The Morgan fingerprint density at radius 1 is 1.33 bits per heavy atom. The highest BCUT2D eigenvalue weighted by Crippen LogP contribution is 2.40. The first kappa shape index (κ1) is 15.0. The average molecular weight is 401 g/mol. The van der Waals surface area contributed by atoms with Gasteiger partial charge in [0, 0.05) is 32.9 Å². The molecule has 3 rings (SSSR count). The van der Waals surface area contributed by atoms with E-state index in [9.17, 15) is 0 Å². The van der Waals surface area contributed by atoms with E-state index in [0.29, 0.717) is 5.82 Å². The third-order valence-corrected chi connectivity index (χ3v) is 6.53. The lowest BCUT2D eigenvalue weighted by atomic mass is 10.3. The number of rotatable bonds is 4. The zero-order valence-electron chi connectivity index (χ0n) is 11.5. The van der Waals surface area contributed by atoms with Crippen LogP contribution in [0.3, 0.4) is 0 Å². The van der Waals surface area contributed by atoms with Crippen molar-refractivity contribution in [3.05, 3.63) is 31.9 Å². The van der Waals surface area contributed by atoms with E-state index < -0.39 is 0 Å². The van der Waals surface area contributed by atoms with Crippen LogP contribution < -0.4 is 10.6 Å². The Labute approximate surface area is 143 Å². The Morgan fingerprint density at radius 3 is 2.76 bits per heavy atom. The molecule has 0 atom stereocenters. The van der Waals surface area contributed by atoms with Crippen LogP contribution in [0.15, 0.2) is 21.3 Å². The van der Waals surface area contributed by atoms with Gasteiger partial charge in [-0.15, -0.1) is 22.7 Å². The predicted octanol–water partition coefficient (Wildman–Crippen LogP) is 4.62. The first-order valence-corrected chi connectivity index (χ1v) is 9.49. The van der Waals surface area contributed by atoms with Gasteiger partial charge in [-0.2, -0.15) is 4.37 Å². The molecule has 0 bridgehead atoms. The number of nitrogens with two attached hydrogens (primary N) is 1. The normalized spacial score (nSPS) is 11.0. The molecular formula is C13H13BrN4S3. The minimum atomic E-state index is 0.559. The van der Waals surface area contributed by atoms with E-state index in [4.69, 9.17) is 5.73 Å². The van der Waals surface area contributed by atoms with Gasteiger partial charge in [0.2, 0.25) is 0 Å². The number of halogens is 1. The molecule has 110 valence electrons. The van der Waals surface area contributed by atoms with Crippen molar-refractivity contribution >= 4 is 61.0 Å². The maximum Gasteiger partial charge on any atom is 0.149 e. The summed E-state index contributed by atoms with van der Waals surface area (Å²) in [6.07, 6.45) is 0. The van der Waals surface area contributed by atoms with Crippen LogP contribution in [0.1, 0.15) is 10.6 Å². The minimum absolute atomic E-state index is 0.559. The SMILES string of the molecule is Cc1csc(-c2c(N)nsc2N(C)Cc2cc(Br)cs2)n1. The van der Waals surface area contributed by atoms with Crippen molar-refractivity contribution < 1.29 is 0 Å². The summed E-state index contributed by atoms with van der Waals surface area (Å²) in [6.45, 7) is 2.82. The van der Waals surface area contributed by atoms with E-state index in [1.807, 2.05) is 12.3 Å². The van der Waals surface area contributed by atoms with Crippen molar-refractivity contribution in [1.82, 2.24) is 9.36 Å². The van der Waals surface area contributed by atoms with Crippen LogP contribution in [0, 0.1) is 6.92 Å². The lowest BCUT2D eigenvalue weighted by Gasteiger charge is -2.17. The van der Waals surface area contributed by atoms with Crippen LogP contribution in [-0.2, 0) is 6.54 Å². The maximum absolute atomic E-state index is 6.05. The maximum atomic E-state index is 6.05. The van der Waals surface area contributed by atoms with Crippen molar-refractivity contribution in [2.75, 3.05) is 17.7 Å². The molecule has 0 aliphatic heterocycles. The Balaban J connectivity index is 1.92. The number of hydrogen-bond acceptors (Lipinski definition) is 7. The van der Waals surface area contributed by atoms with Gasteiger partial charge in [-0.3, -0.25) is 0 Å². The summed E-state index contributed by atoms with van der Waals surface area (Å²) in [4.78, 5) is 8.01. The van der Waals surface area contributed by atoms with Gasteiger partial charge in [0.05, 0.1) is 12.1 Å². The summed E-state index contributed by atoms with van der Waals surface area (Å²) < 4.78 is 5.43. The molecule has 0 fully saturated rings. The summed E-state index contributed by atoms with van der Waals surface area (Å²) in [5, 5.41) is 6.13. The molecule has 3 aromatic heterocycles. The first-order chi connectivity index (χ1) is 10.0. The van der Waals surface area contributed by atoms with E-state index in [1.165, 1.54) is 16.4 Å². The fourth-order valence-corrected chi connectivity index (χ4v) is 5.16. The zero-order chi connectivity index (χ0) is 15.0. The molecule has 0 amide bonds. The van der Waals surface area contributed by atoms with E-state index in [-0.39, 0.29) is 0 Å². The Bertz CT molecular complexity index is 761. The number of thiophene rings is 1. The van der Waals surface area contributed by atoms with Crippen molar-refractivity contribution in [2.45, 2.75) is 13.5 Å². The highest BCUT2D eigenvalue weighted by Gasteiger charge is 2.20. The molecular weight excluding hydrogens is 388 g/mol. The topological polar surface area (TPSA) is 55.0 Å². The van der Waals surface area contributed by atoms with Gasteiger partial charge >= 0.3 is 0 Å². The number of anilines is 2. The predicted molar refractivity (Wildman–Crippen MR) is 96.5 cm³/mol. The molecule has 0 unspecified atom stereocenters. The van der Waals surface area contributed by atoms with Crippen LogP contribution >= 0.6 is 50.1 Å². The fourth-order valence-electron chi connectivity index (χ4n) is 1.97. The Hall–Kier alpha value is -0.960. The van der Waals surface area contributed by atoms with Crippen LogP contribution in [0.4, 0.5) is 10.8 Å². The van der Waals surface area contributed by atoms with Crippen molar-refractivity contribution in [3.63, 3.8) is 0 Å². The molecule has 0 saturated heterocycles. The minimum Gasteiger partial charge on any atom is -0.382 e. The molecule has 8 heteroatoms. The van der Waals surface area contributed by atoms with Gasteiger partial charge in [-0.25, -0.2) is 4.98 Å². The van der Waals surface area contributed by atoms with Gasteiger partial charge in [0.1, 0.15) is 15.8 Å². The third-order valence-electron chi connectivity index (χ3n) is 2.89. The molecule has 21 heavy (non-hydrogen) atoms. The molecule has 0 aromatic carbocycles. The number of aromatic nitrogens is 2. The molecule has 4 nitrogen and oxygen atoms in total. The number of nitrogens with zero attached hydrogens (tertiary/aromatic N) is 3. The van der Waals surface area contributed by atoms with Crippen molar-refractivity contribution in [2.24, 2.45) is 0 Å². The van der Waals surface area contributed by atoms with Gasteiger partial charge in [0.15, 0.2) is 0 Å². The van der Waals surface area contributed by atoms with Gasteiger partial charge < -0.3 is 10.6 Å². The van der Waals surface area contributed by atoms with Gasteiger partial charge in [0.25, 0.3) is 0 Å². The summed E-state index contributed by atoms with van der Waals surface area (Å²) in [6, 6.07) is 2.14. The Kier molecular flexibility index (Phi) is 4.30. The average Bonchev–Trinajstić information content (AvgIpc) is 3.11. The molecule has 3 heterocycles. The quantitative estimate of drug-likeness (QED) is 0.693. The summed E-state index contributed by atoms with van der Waals surface area (Å²) in [7, 11) is 2.06. The first-order valence-electron chi connectivity index (χ1n) is 6.16. The second-order valence-electron chi connectivity index (χ2n) is 4.63. The van der Waals surface area contributed by atoms with E-state index in [2.05, 4.69) is 48.7 Å². The standard InChI is InChI=1S/C13H13BrN4S3/c1-7-5-20-12(16-7)10-11(15)17-21-13(10)18(2)4-9-3-8(14)6-19-9/h3,5-6H,4H2,1-2H3,(H2,15,17). The van der Waals surface area contributed by atoms with Crippen molar-refractivity contribution in [3.8, 4) is 10.6 Å². The lowest BCUT2D eigenvalue weighted by Crippen LogP contribution is -2.15. The van der Waals surface area contributed by atoms with E-state index >= 15 is 0 Å². The number of nitrogen functional groups attached to an aromatic ring is 1. The Morgan fingerprint density at radius 2 is 2.14 bits per heavy atom. The van der Waals surface area contributed by atoms with Gasteiger partial charge in [-0.1, -0.05) is 0 Å². The van der Waals surface area contributed by atoms with Crippen LogP contribution in [0.25, 0.3) is 10.6 Å². The molecule has 2 N–H and O–H groups in total. The second-order valence-corrected chi connectivity index (χ2v) is 8.15. The highest BCUT2D eigenvalue weighted by molar-refractivity contribution is 9.10. The summed E-state index contributed by atoms with van der Waals surface area (Å²) >= 11 is 8.26. The zero-order valence-corrected chi connectivity index (χ0v) is 15.5. The largest absolute Gasteiger partial charge is 0.382 e. The number of thiazole rings is 1. The van der Waals surface area contributed by atoms with Crippen molar-refractivity contribution in [1.29, 1.82) is 0 Å². The smallest absolute Gasteiger partial charge is 0.149 e. The third kappa shape index (κ3) is 3.13. The second kappa shape index (κ2) is 6.04. The number of aryl methyl sites for hydroxylation is 1. The monoisotopic (exact) mass is 400 g/mol. The molecule has 0 aliphatic rings. The van der Waals surface area contributed by atoms with Crippen LogP contribution in [0.2, 0.25) is 0 Å². The molecule has 3 aromatic rings.